The van der Waals surface area contributed by atoms with Crippen LogP contribution in [0.5, 0.6) is 5.75 Å². The Kier molecular flexibility index (Phi) is 2.58. The third kappa shape index (κ3) is 2.20. The molecule has 0 atom stereocenters. The molecule has 0 bridgehead atoms. The van der Waals surface area contributed by atoms with Crippen LogP contribution in [-0.2, 0) is 0 Å². The van der Waals surface area contributed by atoms with Gasteiger partial charge in [-0.15, -0.1) is 0 Å². The van der Waals surface area contributed by atoms with E-state index in [4.69, 9.17) is 10.1 Å². The van der Waals surface area contributed by atoms with E-state index in [0.717, 1.165) is 6.29 Å². The summed E-state index contributed by atoms with van der Waals surface area (Å²) in [5.41, 5.74) is 0.550. The molecule has 0 fully saturated rings. The first-order valence-corrected chi connectivity index (χ1v) is 3.50. The van der Waals surface area contributed by atoms with Crippen LogP contribution >= 0.6 is 0 Å². The van der Waals surface area contributed by atoms with Crippen LogP contribution in [0.15, 0.2) is 24.3 Å². The molecule has 1 aromatic rings. The maximum Gasteiger partial charge on any atom is 0.184 e. The zero-order valence-electron chi connectivity index (χ0n) is 6.70. The van der Waals surface area contributed by atoms with E-state index in [1.165, 1.54) is 6.92 Å². The van der Waals surface area contributed by atoms with Gasteiger partial charge in [0.25, 0.3) is 0 Å². The largest absolute Gasteiger partial charge is 0.444 e. The number of nitrogens with one attached hydrogen (secondary N) is 1. The standard InChI is InChI=1S/C9H9NO2/c1-7(10)12-9-4-2-3-8(5-9)6-11/h2-6,10H,1H3. The van der Waals surface area contributed by atoms with E-state index in [1.807, 2.05) is 0 Å². The Morgan fingerprint density at radius 2 is 2.33 bits per heavy atom. The molecule has 0 aliphatic rings. The van der Waals surface area contributed by atoms with E-state index in [9.17, 15) is 4.79 Å². The molecule has 0 unspecified atom stereocenters. The average Bonchev–Trinajstić information content (AvgIpc) is 2.03. The summed E-state index contributed by atoms with van der Waals surface area (Å²) < 4.78 is 4.98. The van der Waals surface area contributed by atoms with Gasteiger partial charge >= 0.3 is 0 Å². The Morgan fingerprint density at radius 3 is 2.92 bits per heavy atom. The quantitative estimate of drug-likeness (QED) is 0.411. The molecule has 0 aliphatic heterocycles. The van der Waals surface area contributed by atoms with Crippen LogP contribution in [0.2, 0.25) is 0 Å². The van der Waals surface area contributed by atoms with Crippen LogP contribution in [0.1, 0.15) is 17.3 Å². The minimum Gasteiger partial charge on any atom is -0.444 e. The molecule has 0 amide bonds. The van der Waals surface area contributed by atoms with E-state index >= 15 is 0 Å². The minimum atomic E-state index is 0.109. The molecule has 3 nitrogen and oxygen atoms in total. The first-order chi connectivity index (χ1) is 5.72. The Balaban J connectivity index is 2.86. The van der Waals surface area contributed by atoms with Crippen molar-refractivity contribution >= 4 is 12.2 Å². The summed E-state index contributed by atoms with van der Waals surface area (Å²) in [6, 6.07) is 6.68. The van der Waals surface area contributed by atoms with Crippen molar-refractivity contribution in [2.24, 2.45) is 0 Å². The van der Waals surface area contributed by atoms with Crippen molar-refractivity contribution in [3.8, 4) is 5.75 Å². The lowest BCUT2D eigenvalue weighted by atomic mass is 10.2. The van der Waals surface area contributed by atoms with Gasteiger partial charge in [0, 0.05) is 12.5 Å². The van der Waals surface area contributed by atoms with E-state index in [1.54, 1.807) is 24.3 Å². The zero-order valence-corrected chi connectivity index (χ0v) is 6.70. The van der Waals surface area contributed by atoms with Crippen LogP contribution in [0.4, 0.5) is 0 Å². The highest BCUT2D eigenvalue weighted by Gasteiger charge is 1.95. The van der Waals surface area contributed by atoms with E-state index < -0.39 is 0 Å². The first kappa shape index (κ1) is 8.46. The van der Waals surface area contributed by atoms with Gasteiger partial charge in [0.05, 0.1) is 0 Å². The number of carbonyl (C=O) groups excluding carboxylic acids is 1. The van der Waals surface area contributed by atoms with Gasteiger partial charge in [-0.05, 0) is 12.1 Å². The van der Waals surface area contributed by atoms with Gasteiger partial charge in [-0.25, -0.2) is 0 Å². The highest BCUT2D eigenvalue weighted by molar-refractivity contribution is 5.77. The van der Waals surface area contributed by atoms with Crippen molar-refractivity contribution in [2.75, 3.05) is 0 Å². The SMILES string of the molecule is CC(=N)Oc1cccc(C=O)c1. The molecular formula is C9H9NO2. The number of ether oxygens (including phenoxy) is 1. The molecule has 0 heterocycles. The summed E-state index contributed by atoms with van der Waals surface area (Å²) in [4.78, 5) is 10.3. The lowest BCUT2D eigenvalue weighted by molar-refractivity contribution is 0.112. The Labute approximate surface area is 70.5 Å². The van der Waals surface area contributed by atoms with Gasteiger partial charge in [0.15, 0.2) is 5.90 Å². The van der Waals surface area contributed by atoms with Gasteiger partial charge in [0.2, 0.25) is 0 Å². The topological polar surface area (TPSA) is 50.1 Å². The Bertz CT molecular complexity index is 307. The molecule has 0 aromatic heterocycles. The van der Waals surface area contributed by atoms with Crippen LogP contribution in [0.25, 0.3) is 0 Å². The lowest BCUT2D eigenvalue weighted by Gasteiger charge is -2.01. The normalized spacial score (nSPS) is 9.08. The fourth-order valence-electron chi connectivity index (χ4n) is 0.828. The number of aldehydes is 1. The average molecular weight is 163 g/mol. The van der Waals surface area contributed by atoms with Gasteiger partial charge in [0.1, 0.15) is 12.0 Å². The van der Waals surface area contributed by atoms with Crippen molar-refractivity contribution < 1.29 is 9.53 Å². The smallest absolute Gasteiger partial charge is 0.184 e. The number of rotatable bonds is 2. The van der Waals surface area contributed by atoms with Gasteiger partial charge in [-0.1, -0.05) is 12.1 Å². The molecule has 62 valence electrons. The fraction of sp³-hybridized carbons (Fsp3) is 0.111. The van der Waals surface area contributed by atoms with Crippen LogP contribution in [-0.4, -0.2) is 12.2 Å². The number of carbonyl (C=O) groups is 1. The number of hydrogen-bond donors (Lipinski definition) is 1. The van der Waals surface area contributed by atoms with Crippen LogP contribution < -0.4 is 4.74 Å². The lowest BCUT2D eigenvalue weighted by Crippen LogP contribution is -2.00. The summed E-state index contributed by atoms with van der Waals surface area (Å²) in [6.45, 7) is 1.54. The van der Waals surface area contributed by atoms with Crippen molar-refractivity contribution in [1.29, 1.82) is 5.41 Å². The second-order valence-corrected chi connectivity index (χ2v) is 2.35. The first-order valence-electron chi connectivity index (χ1n) is 3.50. The molecule has 1 rings (SSSR count). The summed E-state index contributed by atoms with van der Waals surface area (Å²) in [5.74, 6) is 0.630. The summed E-state index contributed by atoms with van der Waals surface area (Å²) in [6.07, 6.45) is 0.742. The molecule has 3 heteroatoms. The highest BCUT2D eigenvalue weighted by Crippen LogP contribution is 2.11. The third-order valence-electron chi connectivity index (χ3n) is 1.27. The molecule has 0 spiro atoms. The van der Waals surface area contributed by atoms with E-state index in [2.05, 4.69) is 0 Å². The molecule has 12 heavy (non-hydrogen) atoms. The molecule has 1 aromatic carbocycles. The summed E-state index contributed by atoms with van der Waals surface area (Å²) >= 11 is 0. The minimum absolute atomic E-state index is 0.109. The van der Waals surface area contributed by atoms with Crippen LogP contribution in [0.3, 0.4) is 0 Å². The van der Waals surface area contributed by atoms with E-state index in [-0.39, 0.29) is 5.90 Å². The van der Waals surface area contributed by atoms with Crippen molar-refractivity contribution in [3.05, 3.63) is 29.8 Å². The predicted octanol–water partition coefficient (Wildman–Crippen LogP) is 1.88. The maximum atomic E-state index is 10.3. The van der Waals surface area contributed by atoms with E-state index in [0.29, 0.717) is 11.3 Å². The summed E-state index contributed by atoms with van der Waals surface area (Å²) in [5, 5.41) is 7.05. The van der Waals surface area contributed by atoms with Crippen molar-refractivity contribution in [1.82, 2.24) is 0 Å². The predicted molar refractivity (Wildman–Crippen MR) is 45.9 cm³/mol. The number of hydrogen-bond acceptors (Lipinski definition) is 3. The van der Waals surface area contributed by atoms with Gasteiger partial charge in [-0.3, -0.25) is 10.2 Å². The maximum absolute atomic E-state index is 10.3. The molecule has 0 radical (unpaired) electrons. The molecule has 1 N–H and O–H groups in total. The van der Waals surface area contributed by atoms with Crippen molar-refractivity contribution in [3.63, 3.8) is 0 Å². The molecule has 0 aliphatic carbocycles. The van der Waals surface area contributed by atoms with Crippen molar-refractivity contribution in [2.45, 2.75) is 6.92 Å². The Hall–Kier alpha value is -1.64. The monoisotopic (exact) mass is 163 g/mol. The Morgan fingerprint density at radius 1 is 1.58 bits per heavy atom. The van der Waals surface area contributed by atoms with Gasteiger partial charge in [-0.2, -0.15) is 0 Å². The fourth-order valence-corrected chi connectivity index (χ4v) is 0.828. The second-order valence-electron chi connectivity index (χ2n) is 2.35. The highest BCUT2D eigenvalue weighted by atomic mass is 16.5. The third-order valence-corrected chi connectivity index (χ3v) is 1.27. The number of benzene rings is 1. The second kappa shape index (κ2) is 3.67. The molecule has 0 saturated carbocycles. The summed E-state index contributed by atoms with van der Waals surface area (Å²) in [7, 11) is 0. The zero-order chi connectivity index (χ0) is 8.97. The van der Waals surface area contributed by atoms with Crippen LogP contribution in [0, 0.1) is 5.41 Å². The molecular weight excluding hydrogens is 154 g/mol. The van der Waals surface area contributed by atoms with Gasteiger partial charge < -0.3 is 4.74 Å². The molecule has 0 saturated heterocycles.